The van der Waals surface area contributed by atoms with Crippen molar-refractivity contribution in [2.24, 2.45) is 5.73 Å². The van der Waals surface area contributed by atoms with Gasteiger partial charge in [-0.1, -0.05) is 12.1 Å². The molecule has 1 aliphatic heterocycles. The van der Waals surface area contributed by atoms with E-state index in [-0.39, 0.29) is 12.0 Å². The van der Waals surface area contributed by atoms with Crippen molar-refractivity contribution in [2.75, 3.05) is 26.2 Å². The monoisotopic (exact) mass is 341 g/mol. The third-order valence-electron chi connectivity index (χ3n) is 4.83. The Labute approximate surface area is 149 Å². The second-order valence-corrected chi connectivity index (χ2v) is 6.82. The van der Waals surface area contributed by atoms with E-state index < -0.39 is 0 Å². The highest BCUT2D eigenvalue weighted by molar-refractivity contribution is 5.98. The Kier molecular flexibility index (Phi) is 5.66. The first-order valence-electron chi connectivity index (χ1n) is 9.07. The molecule has 25 heavy (non-hydrogen) atoms. The third-order valence-corrected chi connectivity index (χ3v) is 4.83. The Bertz CT molecular complexity index is 752. The molecule has 5 nitrogen and oxygen atoms in total. The number of piperidine rings is 1. The largest absolute Gasteiger partial charge is 0.378 e. The van der Waals surface area contributed by atoms with E-state index in [4.69, 9.17) is 10.5 Å². The van der Waals surface area contributed by atoms with E-state index in [1.807, 2.05) is 24.0 Å². The van der Waals surface area contributed by atoms with Crippen molar-refractivity contribution in [3.63, 3.8) is 0 Å². The minimum Gasteiger partial charge on any atom is -0.378 e. The van der Waals surface area contributed by atoms with Gasteiger partial charge in [-0.2, -0.15) is 0 Å². The van der Waals surface area contributed by atoms with Crippen LogP contribution in [-0.2, 0) is 4.74 Å². The fourth-order valence-corrected chi connectivity index (χ4v) is 3.32. The second-order valence-electron chi connectivity index (χ2n) is 6.82. The van der Waals surface area contributed by atoms with Crippen LogP contribution in [0.25, 0.3) is 10.9 Å². The van der Waals surface area contributed by atoms with Gasteiger partial charge in [-0.15, -0.1) is 0 Å². The van der Waals surface area contributed by atoms with Crippen molar-refractivity contribution in [3.05, 3.63) is 41.1 Å². The molecule has 0 radical (unpaired) electrons. The van der Waals surface area contributed by atoms with E-state index in [2.05, 4.69) is 24.0 Å². The quantitative estimate of drug-likeness (QED) is 0.849. The lowest BCUT2D eigenvalue weighted by molar-refractivity contribution is 0.00842. The molecule has 2 heterocycles. The maximum absolute atomic E-state index is 12.9. The summed E-state index contributed by atoms with van der Waals surface area (Å²) in [4.78, 5) is 19.5. The van der Waals surface area contributed by atoms with Crippen LogP contribution in [0.15, 0.2) is 24.3 Å². The van der Waals surface area contributed by atoms with E-state index in [1.54, 1.807) is 0 Å². The molecule has 1 fully saturated rings. The molecule has 5 heteroatoms. The lowest BCUT2D eigenvalue weighted by Gasteiger charge is -2.32. The molecule has 1 aliphatic rings. The SMILES string of the molecule is Cc1ccc2cc(C(=O)N3CCC(OCCCN)CC3)c(C)nc2c1. The van der Waals surface area contributed by atoms with Crippen molar-refractivity contribution in [1.82, 2.24) is 9.88 Å². The summed E-state index contributed by atoms with van der Waals surface area (Å²) in [7, 11) is 0. The Hall–Kier alpha value is -1.98. The number of rotatable bonds is 5. The Balaban J connectivity index is 1.68. The lowest BCUT2D eigenvalue weighted by Crippen LogP contribution is -2.41. The minimum atomic E-state index is 0.0767. The van der Waals surface area contributed by atoms with Crippen molar-refractivity contribution in [3.8, 4) is 0 Å². The number of carbonyl (C=O) groups is 1. The summed E-state index contributed by atoms with van der Waals surface area (Å²) < 4.78 is 5.82. The number of likely N-dealkylation sites (tertiary alicyclic amines) is 1. The van der Waals surface area contributed by atoms with Crippen LogP contribution in [0.5, 0.6) is 0 Å². The van der Waals surface area contributed by atoms with Gasteiger partial charge in [0.05, 0.1) is 22.9 Å². The average Bonchev–Trinajstić information content (AvgIpc) is 2.61. The number of nitrogens with two attached hydrogens (primary N) is 1. The molecule has 0 unspecified atom stereocenters. The first kappa shape index (κ1) is 17.8. The van der Waals surface area contributed by atoms with Gasteiger partial charge < -0.3 is 15.4 Å². The van der Waals surface area contributed by atoms with Gasteiger partial charge in [-0.3, -0.25) is 9.78 Å². The number of aromatic nitrogens is 1. The van der Waals surface area contributed by atoms with Gasteiger partial charge in [-0.05, 0) is 57.4 Å². The van der Waals surface area contributed by atoms with Crippen LogP contribution in [0.2, 0.25) is 0 Å². The number of pyridine rings is 1. The molecule has 134 valence electrons. The van der Waals surface area contributed by atoms with Crippen LogP contribution < -0.4 is 5.73 Å². The fraction of sp³-hybridized carbons (Fsp3) is 0.500. The number of nitrogens with zero attached hydrogens (tertiary/aromatic N) is 2. The zero-order valence-corrected chi connectivity index (χ0v) is 15.1. The summed E-state index contributed by atoms with van der Waals surface area (Å²) in [5.74, 6) is 0.0767. The van der Waals surface area contributed by atoms with Crippen LogP contribution >= 0.6 is 0 Å². The number of amides is 1. The van der Waals surface area contributed by atoms with Gasteiger partial charge in [0.25, 0.3) is 5.91 Å². The molecule has 0 bridgehead atoms. The summed E-state index contributed by atoms with van der Waals surface area (Å²) >= 11 is 0. The molecule has 1 aromatic heterocycles. The van der Waals surface area contributed by atoms with E-state index in [1.165, 1.54) is 5.56 Å². The van der Waals surface area contributed by atoms with Gasteiger partial charge in [0.2, 0.25) is 0 Å². The molecule has 1 saturated heterocycles. The number of hydrogen-bond donors (Lipinski definition) is 1. The van der Waals surface area contributed by atoms with Gasteiger partial charge in [0.15, 0.2) is 0 Å². The second kappa shape index (κ2) is 7.93. The molecule has 2 aromatic rings. The zero-order chi connectivity index (χ0) is 17.8. The number of fused-ring (bicyclic) bond motifs is 1. The van der Waals surface area contributed by atoms with Crippen LogP contribution in [-0.4, -0.2) is 48.1 Å². The summed E-state index contributed by atoms with van der Waals surface area (Å²) in [6.45, 7) is 6.80. The molecule has 0 atom stereocenters. The van der Waals surface area contributed by atoms with Gasteiger partial charge in [-0.25, -0.2) is 0 Å². The predicted octanol–water partition coefficient (Wildman–Crippen LogP) is 2.82. The van der Waals surface area contributed by atoms with Crippen molar-refractivity contribution >= 4 is 16.8 Å². The molecule has 2 N–H and O–H groups in total. The predicted molar refractivity (Wildman–Crippen MR) is 99.8 cm³/mol. The van der Waals surface area contributed by atoms with Crippen molar-refractivity contribution in [2.45, 2.75) is 39.2 Å². The van der Waals surface area contributed by atoms with Gasteiger partial charge in [0, 0.05) is 25.1 Å². The van der Waals surface area contributed by atoms with E-state index in [9.17, 15) is 4.79 Å². The maximum atomic E-state index is 12.9. The van der Waals surface area contributed by atoms with Gasteiger partial charge in [0.1, 0.15) is 0 Å². The summed E-state index contributed by atoms with van der Waals surface area (Å²) in [6, 6.07) is 8.12. The molecule has 1 amide bonds. The molecular formula is C20H27N3O2. The number of benzene rings is 1. The smallest absolute Gasteiger partial charge is 0.255 e. The zero-order valence-electron chi connectivity index (χ0n) is 15.1. The van der Waals surface area contributed by atoms with Crippen LogP contribution in [0, 0.1) is 13.8 Å². The summed E-state index contributed by atoms with van der Waals surface area (Å²) in [5, 5.41) is 1.01. The van der Waals surface area contributed by atoms with E-state index in [0.717, 1.165) is 48.9 Å². The summed E-state index contributed by atoms with van der Waals surface area (Å²) in [5.41, 5.74) is 9.12. The van der Waals surface area contributed by atoms with E-state index >= 15 is 0 Å². The van der Waals surface area contributed by atoms with Crippen LogP contribution in [0.1, 0.15) is 40.9 Å². The minimum absolute atomic E-state index is 0.0767. The molecule has 1 aromatic carbocycles. The maximum Gasteiger partial charge on any atom is 0.255 e. The Morgan fingerprint density at radius 3 is 2.76 bits per heavy atom. The number of carbonyl (C=O) groups excluding carboxylic acids is 1. The van der Waals surface area contributed by atoms with Gasteiger partial charge >= 0.3 is 0 Å². The number of hydrogen-bond acceptors (Lipinski definition) is 4. The number of aryl methyl sites for hydroxylation is 2. The highest BCUT2D eigenvalue weighted by Gasteiger charge is 2.25. The Morgan fingerprint density at radius 1 is 1.28 bits per heavy atom. The van der Waals surface area contributed by atoms with Crippen molar-refractivity contribution < 1.29 is 9.53 Å². The molecule has 0 saturated carbocycles. The lowest BCUT2D eigenvalue weighted by atomic mass is 10.0. The average molecular weight is 341 g/mol. The molecule has 3 rings (SSSR count). The topological polar surface area (TPSA) is 68.5 Å². The first-order valence-corrected chi connectivity index (χ1v) is 9.07. The summed E-state index contributed by atoms with van der Waals surface area (Å²) in [6.07, 6.45) is 2.90. The number of ether oxygens (including phenoxy) is 1. The van der Waals surface area contributed by atoms with Crippen LogP contribution in [0.3, 0.4) is 0 Å². The highest BCUT2D eigenvalue weighted by atomic mass is 16.5. The van der Waals surface area contributed by atoms with E-state index in [0.29, 0.717) is 18.7 Å². The first-order chi connectivity index (χ1) is 12.1. The molecule has 0 aliphatic carbocycles. The highest BCUT2D eigenvalue weighted by Crippen LogP contribution is 2.21. The molecule has 0 spiro atoms. The van der Waals surface area contributed by atoms with Crippen molar-refractivity contribution in [1.29, 1.82) is 0 Å². The Morgan fingerprint density at radius 2 is 2.04 bits per heavy atom. The van der Waals surface area contributed by atoms with Crippen LogP contribution in [0.4, 0.5) is 0 Å². The normalized spacial score (nSPS) is 15.7. The third kappa shape index (κ3) is 4.17. The molecular weight excluding hydrogens is 314 g/mol. The fourth-order valence-electron chi connectivity index (χ4n) is 3.32. The standard InChI is InChI=1S/C20H27N3O2/c1-14-4-5-16-13-18(15(2)22-19(16)12-14)20(24)23-9-6-17(7-10-23)25-11-3-8-21/h4-5,12-13,17H,3,6-11,21H2,1-2H3.